The van der Waals surface area contributed by atoms with E-state index >= 15 is 0 Å². The van der Waals surface area contributed by atoms with Crippen molar-refractivity contribution in [2.24, 2.45) is 0 Å². The first kappa shape index (κ1) is 11.6. The monoisotopic (exact) mass is 275 g/mol. The van der Waals surface area contributed by atoms with Crippen LogP contribution in [0.15, 0.2) is 35.3 Å². The van der Waals surface area contributed by atoms with Crippen molar-refractivity contribution in [2.45, 2.75) is 19.4 Å². The summed E-state index contributed by atoms with van der Waals surface area (Å²) >= 11 is 3.42. The number of thiophene rings is 1. The van der Waals surface area contributed by atoms with Gasteiger partial charge in [-0.15, -0.1) is 22.7 Å². The van der Waals surface area contributed by atoms with Crippen molar-refractivity contribution >= 4 is 38.6 Å². The van der Waals surface area contributed by atoms with Crippen LogP contribution in [0.3, 0.4) is 0 Å². The molecule has 1 unspecified atom stereocenters. The zero-order chi connectivity index (χ0) is 12.4. The maximum atomic E-state index is 4.45. The second kappa shape index (κ2) is 5.04. The summed E-state index contributed by atoms with van der Waals surface area (Å²) in [7, 11) is 0. The van der Waals surface area contributed by atoms with Crippen LogP contribution in [0.5, 0.6) is 0 Å². The SMILES string of the molecule is CCC(Nc1nccc2sccc12)c1nccs1. The summed E-state index contributed by atoms with van der Waals surface area (Å²) in [4.78, 5) is 8.83. The number of rotatable bonds is 4. The predicted octanol–water partition coefficient (Wildman–Crippen LogP) is 4.32. The van der Waals surface area contributed by atoms with E-state index in [9.17, 15) is 0 Å². The second-order valence-corrected chi connectivity index (χ2v) is 5.84. The fourth-order valence-electron chi connectivity index (χ4n) is 1.92. The quantitative estimate of drug-likeness (QED) is 0.770. The van der Waals surface area contributed by atoms with Gasteiger partial charge in [-0.2, -0.15) is 0 Å². The van der Waals surface area contributed by atoms with E-state index < -0.39 is 0 Å². The lowest BCUT2D eigenvalue weighted by Gasteiger charge is -2.15. The van der Waals surface area contributed by atoms with Crippen LogP contribution in [0.1, 0.15) is 24.4 Å². The van der Waals surface area contributed by atoms with Crippen LogP contribution in [0.2, 0.25) is 0 Å². The minimum absolute atomic E-state index is 0.239. The average molecular weight is 275 g/mol. The van der Waals surface area contributed by atoms with E-state index in [-0.39, 0.29) is 6.04 Å². The van der Waals surface area contributed by atoms with E-state index in [1.165, 1.54) is 10.1 Å². The van der Waals surface area contributed by atoms with E-state index in [4.69, 9.17) is 0 Å². The molecule has 0 aromatic carbocycles. The Morgan fingerprint density at radius 1 is 1.17 bits per heavy atom. The lowest BCUT2D eigenvalue weighted by atomic mass is 10.2. The second-order valence-electron chi connectivity index (χ2n) is 3.97. The molecule has 0 radical (unpaired) electrons. The molecule has 3 heterocycles. The van der Waals surface area contributed by atoms with Gasteiger partial charge < -0.3 is 5.32 Å². The van der Waals surface area contributed by atoms with Gasteiger partial charge in [0.15, 0.2) is 0 Å². The average Bonchev–Trinajstić information content (AvgIpc) is 3.06. The molecular weight excluding hydrogens is 262 g/mol. The lowest BCUT2D eigenvalue weighted by molar-refractivity contribution is 0.739. The molecule has 0 saturated heterocycles. The molecule has 18 heavy (non-hydrogen) atoms. The summed E-state index contributed by atoms with van der Waals surface area (Å²) < 4.78 is 1.27. The molecule has 0 bridgehead atoms. The van der Waals surface area contributed by atoms with Crippen LogP contribution in [0.4, 0.5) is 5.82 Å². The van der Waals surface area contributed by atoms with Crippen molar-refractivity contribution in [2.75, 3.05) is 5.32 Å². The van der Waals surface area contributed by atoms with Crippen molar-refractivity contribution in [3.63, 3.8) is 0 Å². The van der Waals surface area contributed by atoms with Gasteiger partial charge in [-0.25, -0.2) is 9.97 Å². The van der Waals surface area contributed by atoms with Gasteiger partial charge >= 0.3 is 0 Å². The Morgan fingerprint density at radius 3 is 2.89 bits per heavy atom. The predicted molar refractivity (Wildman–Crippen MR) is 78.4 cm³/mol. The maximum absolute atomic E-state index is 4.45. The van der Waals surface area contributed by atoms with Crippen LogP contribution in [0.25, 0.3) is 10.1 Å². The molecule has 92 valence electrons. The summed E-state index contributed by atoms with van der Waals surface area (Å²) in [6.45, 7) is 2.16. The van der Waals surface area contributed by atoms with Crippen molar-refractivity contribution < 1.29 is 0 Å². The standard InChI is InChI=1S/C13H13N3S2/c1-2-10(13-15-6-8-18-13)16-12-9-4-7-17-11(9)3-5-14-12/h3-8,10H,2H2,1H3,(H,14,16). The molecule has 1 N–H and O–H groups in total. The number of nitrogens with zero attached hydrogens (tertiary/aromatic N) is 2. The third-order valence-corrected chi connectivity index (χ3v) is 4.62. The van der Waals surface area contributed by atoms with E-state index in [0.29, 0.717) is 0 Å². The van der Waals surface area contributed by atoms with Crippen LogP contribution in [-0.4, -0.2) is 9.97 Å². The highest BCUT2D eigenvalue weighted by molar-refractivity contribution is 7.17. The minimum Gasteiger partial charge on any atom is -0.360 e. The highest BCUT2D eigenvalue weighted by Gasteiger charge is 2.13. The zero-order valence-electron chi connectivity index (χ0n) is 9.96. The molecule has 3 aromatic heterocycles. The van der Waals surface area contributed by atoms with Crippen molar-refractivity contribution in [3.05, 3.63) is 40.3 Å². The third kappa shape index (κ3) is 2.11. The minimum atomic E-state index is 0.239. The highest BCUT2D eigenvalue weighted by Crippen LogP contribution is 2.30. The number of anilines is 1. The number of hydrogen-bond acceptors (Lipinski definition) is 5. The van der Waals surface area contributed by atoms with Gasteiger partial charge in [0.1, 0.15) is 10.8 Å². The largest absolute Gasteiger partial charge is 0.360 e. The summed E-state index contributed by atoms with van der Waals surface area (Å²) in [6, 6.07) is 4.40. The molecule has 0 spiro atoms. The Balaban J connectivity index is 1.93. The highest BCUT2D eigenvalue weighted by atomic mass is 32.1. The van der Waals surface area contributed by atoms with Gasteiger partial charge in [-0.05, 0) is 23.9 Å². The maximum Gasteiger partial charge on any atom is 0.135 e. The number of nitrogens with one attached hydrogen (secondary N) is 1. The summed E-state index contributed by atoms with van der Waals surface area (Å²) in [5.41, 5.74) is 0. The van der Waals surface area contributed by atoms with Gasteiger partial charge in [0.25, 0.3) is 0 Å². The molecule has 0 fully saturated rings. The van der Waals surface area contributed by atoms with Crippen LogP contribution in [0, 0.1) is 0 Å². The van der Waals surface area contributed by atoms with E-state index in [0.717, 1.165) is 17.2 Å². The third-order valence-electron chi connectivity index (χ3n) is 2.85. The molecule has 5 heteroatoms. The Labute approximate surface area is 114 Å². The first-order chi connectivity index (χ1) is 8.88. The van der Waals surface area contributed by atoms with E-state index in [1.54, 1.807) is 22.7 Å². The number of pyridine rings is 1. The molecular formula is C13H13N3S2. The summed E-state index contributed by atoms with van der Waals surface area (Å²) in [5.74, 6) is 0.954. The Hall–Kier alpha value is -1.46. The van der Waals surface area contributed by atoms with Gasteiger partial charge in [0.05, 0.1) is 6.04 Å². The smallest absolute Gasteiger partial charge is 0.135 e. The van der Waals surface area contributed by atoms with E-state index in [2.05, 4.69) is 39.7 Å². The summed E-state index contributed by atoms with van der Waals surface area (Å²) in [6.07, 6.45) is 4.70. The molecule has 0 aliphatic rings. The van der Waals surface area contributed by atoms with E-state index in [1.807, 2.05) is 17.8 Å². The topological polar surface area (TPSA) is 37.8 Å². The molecule has 3 rings (SSSR count). The van der Waals surface area contributed by atoms with Crippen molar-refractivity contribution in [1.82, 2.24) is 9.97 Å². The van der Waals surface area contributed by atoms with Crippen LogP contribution >= 0.6 is 22.7 Å². The molecule has 3 nitrogen and oxygen atoms in total. The molecule has 0 aliphatic heterocycles. The number of thiazole rings is 1. The Bertz CT molecular complexity index is 631. The molecule has 0 saturated carbocycles. The molecule has 0 amide bonds. The van der Waals surface area contributed by atoms with Gasteiger partial charge in [0.2, 0.25) is 0 Å². The van der Waals surface area contributed by atoms with Crippen LogP contribution in [-0.2, 0) is 0 Å². The fraction of sp³-hybridized carbons (Fsp3) is 0.231. The Kier molecular flexibility index (Phi) is 3.25. The first-order valence-electron chi connectivity index (χ1n) is 5.86. The molecule has 1 atom stereocenters. The fourth-order valence-corrected chi connectivity index (χ4v) is 3.47. The van der Waals surface area contributed by atoms with Gasteiger partial charge in [-0.3, -0.25) is 0 Å². The molecule has 0 aliphatic carbocycles. The van der Waals surface area contributed by atoms with Crippen LogP contribution < -0.4 is 5.32 Å². The first-order valence-corrected chi connectivity index (χ1v) is 7.62. The number of aromatic nitrogens is 2. The number of hydrogen-bond donors (Lipinski definition) is 1. The molecule has 3 aromatic rings. The zero-order valence-corrected chi connectivity index (χ0v) is 11.6. The van der Waals surface area contributed by atoms with Gasteiger partial charge in [0, 0.05) is 27.9 Å². The van der Waals surface area contributed by atoms with Crippen molar-refractivity contribution in [1.29, 1.82) is 0 Å². The van der Waals surface area contributed by atoms with Gasteiger partial charge in [-0.1, -0.05) is 6.92 Å². The lowest BCUT2D eigenvalue weighted by Crippen LogP contribution is -2.10. The normalized spacial score (nSPS) is 12.7. The summed E-state index contributed by atoms with van der Waals surface area (Å²) in [5, 5.41) is 9.92. The number of fused-ring (bicyclic) bond motifs is 1. The van der Waals surface area contributed by atoms with Crippen molar-refractivity contribution in [3.8, 4) is 0 Å². The Morgan fingerprint density at radius 2 is 2.11 bits per heavy atom.